The first-order valence-corrected chi connectivity index (χ1v) is 11.9. The van der Waals surface area contributed by atoms with Crippen LogP contribution in [-0.4, -0.2) is 47.4 Å². The third kappa shape index (κ3) is 3.23. The number of esters is 1. The van der Waals surface area contributed by atoms with Crippen LogP contribution in [0, 0.1) is 28.6 Å². The zero-order chi connectivity index (χ0) is 23.3. The maximum Gasteiger partial charge on any atom is 0.509 e. The van der Waals surface area contributed by atoms with E-state index in [1.165, 1.54) is 0 Å². The Morgan fingerprint density at radius 2 is 2.00 bits per heavy atom. The summed E-state index contributed by atoms with van der Waals surface area (Å²) in [6, 6.07) is -0.354. The van der Waals surface area contributed by atoms with Crippen molar-refractivity contribution in [2.24, 2.45) is 28.6 Å². The van der Waals surface area contributed by atoms with E-state index in [0.29, 0.717) is 6.42 Å². The van der Waals surface area contributed by atoms with Crippen molar-refractivity contribution in [3.8, 4) is 0 Å². The van der Waals surface area contributed by atoms with Gasteiger partial charge in [0.2, 0.25) is 5.60 Å². The van der Waals surface area contributed by atoms with E-state index in [9.17, 15) is 19.5 Å². The van der Waals surface area contributed by atoms with Gasteiger partial charge in [-0.05, 0) is 63.0 Å². The fourth-order valence-corrected chi connectivity index (χ4v) is 7.41. The molecule has 0 heterocycles. The fourth-order valence-electron chi connectivity index (χ4n) is 7.31. The van der Waals surface area contributed by atoms with Gasteiger partial charge in [-0.15, -0.1) is 0 Å². The van der Waals surface area contributed by atoms with E-state index in [4.69, 9.17) is 25.8 Å². The van der Waals surface area contributed by atoms with Gasteiger partial charge in [-0.25, -0.2) is 9.59 Å². The summed E-state index contributed by atoms with van der Waals surface area (Å²) in [6.07, 6.45) is 6.31. The van der Waals surface area contributed by atoms with Crippen LogP contribution in [0.4, 0.5) is 4.79 Å². The smallest absolute Gasteiger partial charge is 0.446 e. The zero-order valence-corrected chi connectivity index (χ0v) is 19.5. The number of ketones is 1. The predicted octanol–water partition coefficient (Wildman–Crippen LogP) is 3.92. The monoisotopic (exact) mass is 466 g/mol. The summed E-state index contributed by atoms with van der Waals surface area (Å²) in [5.41, 5.74) is -1.76. The number of hydrogen-bond donors (Lipinski definition) is 1. The molecule has 7 atom stereocenters. The molecular weight excluding hydrogens is 436 g/mol. The average molecular weight is 467 g/mol. The number of aliphatic hydroxyl groups is 1. The molecule has 0 spiro atoms. The van der Waals surface area contributed by atoms with Crippen molar-refractivity contribution in [2.45, 2.75) is 64.6 Å². The lowest BCUT2D eigenvalue weighted by atomic mass is 9.46. The number of rotatable bonds is 4. The Bertz CT molecular complexity index is 882. The lowest BCUT2D eigenvalue weighted by Crippen LogP contribution is -2.62. The Balaban J connectivity index is 1.73. The van der Waals surface area contributed by atoms with Crippen LogP contribution in [0.3, 0.4) is 0 Å². The van der Waals surface area contributed by atoms with Gasteiger partial charge in [0.25, 0.3) is 0 Å². The minimum atomic E-state index is -1.57. The van der Waals surface area contributed by atoms with Crippen LogP contribution < -0.4 is 0 Å². The Kier molecular flexibility index (Phi) is 5.95. The first kappa shape index (κ1) is 23.3. The molecule has 176 valence electrons. The Morgan fingerprint density at radius 1 is 1.25 bits per heavy atom. The first-order valence-electron chi connectivity index (χ1n) is 11.3. The Morgan fingerprint density at radius 3 is 2.69 bits per heavy atom. The second kappa shape index (κ2) is 8.17. The van der Waals surface area contributed by atoms with Gasteiger partial charge in [-0.1, -0.05) is 37.1 Å². The molecule has 32 heavy (non-hydrogen) atoms. The molecule has 8 heteroatoms. The third-order valence-electron chi connectivity index (χ3n) is 8.65. The summed E-state index contributed by atoms with van der Waals surface area (Å²) >= 11 is 5.70. The largest absolute Gasteiger partial charge is 0.509 e. The summed E-state index contributed by atoms with van der Waals surface area (Å²) in [5, 5.41) is 11.5. The molecule has 1 N–H and O–H groups in total. The normalized spacial score (nSPS) is 42.3. The number of hydrogen-bond acceptors (Lipinski definition) is 7. The maximum atomic E-state index is 13.2. The van der Waals surface area contributed by atoms with E-state index in [1.54, 1.807) is 19.1 Å². The summed E-state index contributed by atoms with van der Waals surface area (Å²) in [5.74, 6) is -0.676. The number of alkyl halides is 1. The van der Waals surface area contributed by atoms with Crippen LogP contribution in [0.25, 0.3) is 0 Å². The Hall–Kier alpha value is -1.86. The van der Waals surface area contributed by atoms with Gasteiger partial charge in [0.1, 0.15) is 0 Å². The van der Waals surface area contributed by atoms with Crippen LogP contribution in [0.2, 0.25) is 0 Å². The predicted molar refractivity (Wildman–Crippen MR) is 116 cm³/mol. The number of allylic oxidation sites excluding steroid dienone is 4. The standard InChI is InChI=1S/C24H31ClO7/c1-4-30-21(29)32-24(20(28)31-13-25)10-8-17-16-6-5-14-11-15(26)7-9-22(14,2)19(16)18(27)12-23(17,24)3/h7,9,11,16-19,27H,4-6,8,10,12-13H2,1-3H3/t16-,17-,18-,19+,22-,23-,24+/m0/s1. The van der Waals surface area contributed by atoms with Crippen LogP contribution in [0.1, 0.15) is 52.9 Å². The highest BCUT2D eigenvalue weighted by atomic mass is 35.5. The molecule has 0 unspecified atom stereocenters. The van der Waals surface area contributed by atoms with Crippen molar-refractivity contribution in [1.82, 2.24) is 0 Å². The summed E-state index contributed by atoms with van der Waals surface area (Å²) in [7, 11) is 0. The first-order chi connectivity index (χ1) is 15.1. The van der Waals surface area contributed by atoms with Gasteiger partial charge in [-0.2, -0.15) is 0 Å². The van der Waals surface area contributed by atoms with Crippen LogP contribution in [-0.2, 0) is 23.8 Å². The molecule has 0 bridgehead atoms. The van der Waals surface area contributed by atoms with E-state index in [0.717, 1.165) is 18.4 Å². The number of carbonyl (C=O) groups excluding carboxylic acids is 3. The van der Waals surface area contributed by atoms with Gasteiger partial charge in [0, 0.05) is 16.7 Å². The van der Waals surface area contributed by atoms with Crippen LogP contribution >= 0.6 is 11.6 Å². The molecule has 4 rings (SSSR count). The maximum absolute atomic E-state index is 13.2. The third-order valence-corrected chi connectivity index (χ3v) is 8.76. The van der Waals surface area contributed by atoms with Gasteiger partial charge >= 0.3 is 12.1 Å². The fraction of sp³-hybridized carbons (Fsp3) is 0.708. The van der Waals surface area contributed by atoms with E-state index in [-0.39, 0.29) is 49.1 Å². The summed E-state index contributed by atoms with van der Waals surface area (Å²) in [6.45, 7) is 5.77. The molecule has 0 aromatic heterocycles. The lowest BCUT2D eigenvalue weighted by Gasteiger charge is -2.59. The summed E-state index contributed by atoms with van der Waals surface area (Å²) in [4.78, 5) is 37.5. The molecule has 4 aliphatic rings. The van der Waals surface area contributed by atoms with Gasteiger partial charge in [0.15, 0.2) is 11.8 Å². The second-order valence-corrected chi connectivity index (χ2v) is 10.1. The second-order valence-electron chi connectivity index (χ2n) is 9.90. The number of aliphatic hydroxyl groups excluding tert-OH is 1. The molecule has 3 fully saturated rings. The molecule has 3 saturated carbocycles. The van der Waals surface area contributed by atoms with Crippen molar-refractivity contribution in [2.75, 3.05) is 12.7 Å². The Labute approximate surface area is 193 Å². The molecule has 0 amide bonds. The molecule has 0 aromatic carbocycles. The number of carbonyl (C=O) groups is 3. The number of fused-ring (bicyclic) bond motifs is 5. The average Bonchev–Trinajstić information content (AvgIpc) is 3.01. The zero-order valence-electron chi connectivity index (χ0n) is 18.8. The van der Waals surface area contributed by atoms with Crippen molar-refractivity contribution in [1.29, 1.82) is 0 Å². The highest BCUT2D eigenvalue weighted by Gasteiger charge is 2.71. The molecular formula is C24H31ClO7. The van der Waals surface area contributed by atoms with Crippen LogP contribution in [0.15, 0.2) is 23.8 Å². The van der Waals surface area contributed by atoms with E-state index >= 15 is 0 Å². The molecule has 7 nitrogen and oxygen atoms in total. The minimum Gasteiger partial charge on any atom is -0.446 e. The topological polar surface area (TPSA) is 99.1 Å². The SMILES string of the molecule is CCOC(=O)O[C@@]1(C(=O)OCCl)CC[C@H]2[C@@H]3CCC4=CC(=O)C=C[C@]4(C)[C@H]3[C@@H](O)C[C@@]21C. The van der Waals surface area contributed by atoms with Crippen molar-refractivity contribution in [3.05, 3.63) is 23.8 Å². The molecule has 0 saturated heterocycles. The molecule has 4 aliphatic carbocycles. The molecule has 0 aromatic rings. The van der Waals surface area contributed by atoms with Gasteiger partial charge < -0.3 is 19.3 Å². The summed E-state index contributed by atoms with van der Waals surface area (Å²) < 4.78 is 15.9. The minimum absolute atomic E-state index is 0.0161. The highest BCUT2D eigenvalue weighted by molar-refractivity contribution is 6.17. The van der Waals surface area contributed by atoms with E-state index < -0.39 is 34.7 Å². The van der Waals surface area contributed by atoms with Gasteiger partial charge in [-0.3, -0.25) is 4.79 Å². The number of halogens is 1. The van der Waals surface area contributed by atoms with Crippen molar-refractivity contribution >= 4 is 29.5 Å². The molecule has 0 aliphatic heterocycles. The number of ether oxygens (including phenoxy) is 3. The van der Waals surface area contributed by atoms with E-state index in [2.05, 4.69) is 6.92 Å². The van der Waals surface area contributed by atoms with Crippen molar-refractivity contribution < 1.29 is 33.7 Å². The van der Waals surface area contributed by atoms with Crippen LogP contribution in [0.5, 0.6) is 0 Å². The van der Waals surface area contributed by atoms with E-state index in [1.807, 2.05) is 13.0 Å². The lowest BCUT2D eigenvalue weighted by molar-refractivity contribution is -0.199. The van der Waals surface area contributed by atoms with Crippen molar-refractivity contribution in [3.63, 3.8) is 0 Å². The van der Waals surface area contributed by atoms with Gasteiger partial charge in [0.05, 0.1) is 12.7 Å². The highest BCUT2D eigenvalue weighted by Crippen LogP contribution is 2.68. The quantitative estimate of drug-likeness (QED) is 0.495. The molecule has 0 radical (unpaired) electrons.